The Labute approximate surface area is 197 Å². The van der Waals surface area contributed by atoms with Crippen LogP contribution in [0, 0.1) is 0 Å². The molecule has 4 rings (SSSR count). The Bertz CT molecular complexity index is 1220. The number of aliphatic hydroxyl groups is 1. The lowest BCUT2D eigenvalue weighted by Gasteiger charge is -2.25. The third-order valence-electron chi connectivity index (χ3n) is 5.57. The van der Waals surface area contributed by atoms with Crippen LogP contribution >= 0.6 is 0 Å². The van der Waals surface area contributed by atoms with Crippen LogP contribution in [-0.2, 0) is 16.1 Å². The zero-order valence-electron chi connectivity index (χ0n) is 18.7. The van der Waals surface area contributed by atoms with Gasteiger partial charge in [-0.15, -0.1) is 0 Å². The SMILES string of the molecule is C=CCOc1ccc(C2/C(=C(\O)c3ccc(OC)cc3)C(=O)C(=O)N2Cc2ccncc2)cc1. The van der Waals surface area contributed by atoms with Gasteiger partial charge in [0.1, 0.15) is 23.9 Å². The largest absolute Gasteiger partial charge is 0.507 e. The lowest BCUT2D eigenvalue weighted by molar-refractivity contribution is -0.140. The molecule has 2 heterocycles. The minimum Gasteiger partial charge on any atom is -0.507 e. The smallest absolute Gasteiger partial charge is 0.295 e. The van der Waals surface area contributed by atoms with Crippen molar-refractivity contribution in [3.8, 4) is 11.5 Å². The van der Waals surface area contributed by atoms with Gasteiger partial charge >= 0.3 is 0 Å². The van der Waals surface area contributed by atoms with Gasteiger partial charge in [-0.3, -0.25) is 14.6 Å². The van der Waals surface area contributed by atoms with Crippen LogP contribution in [-0.4, -0.2) is 40.4 Å². The molecular formula is C27H24N2O5. The molecule has 172 valence electrons. The van der Waals surface area contributed by atoms with Crippen molar-refractivity contribution in [3.63, 3.8) is 0 Å². The number of ether oxygens (including phenoxy) is 2. The number of carbonyl (C=O) groups excluding carboxylic acids is 2. The quantitative estimate of drug-likeness (QED) is 0.236. The third-order valence-corrected chi connectivity index (χ3v) is 5.57. The summed E-state index contributed by atoms with van der Waals surface area (Å²) in [6, 6.07) is 16.6. The number of carbonyl (C=O) groups is 2. The Kier molecular flexibility index (Phi) is 6.73. The van der Waals surface area contributed by atoms with Crippen LogP contribution in [0.1, 0.15) is 22.7 Å². The van der Waals surface area contributed by atoms with E-state index < -0.39 is 17.7 Å². The molecular weight excluding hydrogens is 432 g/mol. The highest BCUT2D eigenvalue weighted by atomic mass is 16.5. The van der Waals surface area contributed by atoms with E-state index in [-0.39, 0.29) is 17.9 Å². The Morgan fingerprint density at radius 3 is 2.29 bits per heavy atom. The van der Waals surface area contributed by atoms with Crippen LogP contribution in [0.2, 0.25) is 0 Å². The maximum Gasteiger partial charge on any atom is 0.295 e. The zero-order chi connectivity index (χ0) is 24.1. The molecule has 1 unspecified atom stereocenters. The Morgan fingerprint density at radius 1 is 1.03 bits per heavy atom. The number of aromatic nitrogens is 1. The van der Waals surface area contributed by atoms with Gasteiger partial charge in [-0.05, 0) is 59.7 Å². The molecule has 1 aromatic heterocycles. The second-order valence-electron chi connectivity index (χ2n) is 7.68. The maximum absolute atomic E-state index is 13.2. The van der Waals surface area contributed by atoms with Crippen molar-refractivity contribution in [2.45, 2.75) is 12.6 Å². The number of ketones is 1. The van der Waals surface area contributed by atoms with E-state index in [4.69, 9.17) is 9.47 Å². The van der Waals surface area contributed by atoms with E-state index in [1.54, 1.807) is 86.2 Å². The summed E-state index contributed by atoms with van der Waals surface area (Å²) in [6.45, 7) is 4.18. The standard InChI is InChI=1S/C27H24N2O5/c1-3-16-34-22-10-4-19(5-11-22)24-23(25(30)20-6-8-21(33-2)9-7-20)26(31)27(32)29(24)17-18-12-14-28-15-13-18/h3-15,24,30H,1,16-17H2,2H3/b25-23+. The van der Waals surface area contributed by atoms with Gasteiger partial charge in [0.05, 0.1) is 18.7 Å². The van der Waals surface area contributed by atoms with E-state index in [0.717, 1.165) is 5.56 Å². The molecule has 1 aliphatic heterocycles. The Balaban J connectivity index is 1.80. The zero-order valence-corrected chi connectivity index (χ0v) is 18.7. The van der Waals surface area contributed by atoms with Crippen LogP contribution in [0.25, 0.3) is 5.76 Å². The number of rotatable bonds is 8. The number of methoxy groups -OCH3 is 1. The van der Waals surface area contributed by atoms with Gasteiger partial charge in [0.2, 0.25) is 0 Å². The highest BCUT2D eigenvalue weighted by Gasteiger charge is 2.46. The normalized spacial score (nSPS) is 17.0. The van der Waals surface area contributed by atoms with E-state index in [9.17, 15) is 14.7 Å². The molecule has 1 amide bonds. The highest BCUT2D eigenvalue weighted by Crippen LogP contribution is 2.40. The number of likely N-dealkylation sites (tertiary alicyclic amines) is 1. The van der Waals surface area contributed by atoms with E-state index in [2.05, 4.69) is 11.6 Å². The second-order valence-corrected chi connectivity index (χ2v) is 7.68. The molecule has 3 aromatic rings. The van der Waals surface area contributed by atoms with Gasteiger partial charge in [0, 0.05) is 24.5 Å². The van der Waals surface area contributed by atoms with Crippen molar-refractivity contribution in [3.05, 3.63) is 108 Å². The maximum atomic E-state index is 13.2. The summed E-state index contributed by atoms with van der Waals surface area (Å²) in [5.41, 5.74) is 1.94. The molecule has 1 atom stereocenters. The predicted octanol–water partition coefficient (Wildman–Crippen LogP) is 4.28. The molecule has 2 aromatic carbocycles. The van der Waals surface area contributed by atoms with Gasteiger partial charge in [-0.1, -0.05) is 24.8 Å². The second kappa shape index (κ2) is 10.0. The number of hydrogen-bond acceptors (Lipinski definition) is 6. The van der Waals surface area contributed by atoms with Gasteiger partial charge in [-0.25, -0.2) is 0 Å². The van der Waals surface area contributed by atoms with Gasteiger partial charge < -0.3 is 19.5 Å². The fourth-order valence-corrected chi connectivity index (χ4v) is 3.88. The first kappa shape index (κ1) is 22.8. The lowest BCUT2D eigenvalue weighted by atomic mass is 9.95. The number of nitrogens with zero attached hydrogens (tertiary/aromatic N) is 2. The minimum absolute atomic E-state index is 0.0315. The van der Waals surface area contributed by atoms with E-state index >= 15 is 0 Å². The number of aliphatic hydroxyl groups excluding tert-OH is 1. The van der Waals surface area contributed by atoms with Crippen LogP contribution in [0.5, 0.6) is 11.5 Å². The first-order valence-corrected chi connectivity index (χ1v) is 10.7. The first-order chi connectivity index (χ1) is 16.5. The minimum atomic E-state index is -0.774. The summed E-state index contributed by atoms with van der Waals surface area (Å²) >= 11 is 0. The fourth-order valence-electron chi connectivity index (χ4n) is 3.88. The van der Waals surface area contributed by atoms with E-state index in [1.807, 2.05) is 0 Å². The summed E-state index contributed by atoms with van der Waals surface area (Å²) < 4.78 is 10.7. The molecule has 0 aliphatic carbocycles. The summed E-state index contributed by atoms with van der Waals surface area (Å²) in [6.07, 6.45) is 4.90. The van der Waals surface area contributed by atoms with Crippen LogP contribution in [0.4, 0.5) is 0 Å². The van der Waals surface area contributed by atoms with Crippen molar-refractivity contribution in [2.75, 3.05) is 13.7 Å². The van der Waals surface area contributed by atoms with E-state index in [1.165, 1.54) is 4.90 Å². The molecule has 34 heavy (non-hydrogen) atoms. The van der Waals surface area contributed by atoms with Gasteiger partial charge in [-0.2, -0.15) is 0 Å². The molecule has 1 fully saturated rings. The molecule has 1 N–H and O–H groups in total. The van der Waals surface area contributed by atoms with Crippen molar-refractivity contribution in [1.82, 2.24) is 9.88 Å². The topological polar surface area (TPSA) is 89.0 Å². The van der Waals surface area contributed by atoms with Crippen molar-refractivity contribution in [1.29, 1.82) is 0 Å². The number of pyridine rings is 1. The molecule has 1 saturated heterocycles. The average Bonchev–Trinajstić information content (AvgIpc) is 3.13. The molecule has 1 aliphatic rings. The average molecular weight is 456 g/mol. The number of Topliss-reactive ketones (excluding diaryl/α,β-unsaturated/α-hetero) is 1. The third kappa shape index (κ3) is 4.54. The molecule has 0 radical (unpaired) electrons. The van der Waals surface area contributed by atoms with Crippen LogP contribution in [0.15, 0.2) is 91.3 Å². The summed E-state index contributed by atoms with van der Waals surface area (Å²) in [5.74, 6) is -0.412. The summed E-state index contributed by atoms with van der Waals surface area (Å²) in [4.78, 5) is 31.7. The van der Waals surface area contributed by atoms with Gasteiger partial charge in [0.25, 0.3) is 11.7 Å². The Morgan fingerprint density at radius 2 is 1.68 bits per heavy atom. The molecule has 7 heteroatoms. The summed E-state index contributed by atoms with van der Waals surface area (Å²) in [7, 11) is 1.54. The van der Waals surface area contributed by atoms with Crippen LogP contribution in [0.3, 0.4) is 0 Å². The molecule has 0 saturated carbocycles. The fraction of sp³-hybridized carbons (Fsp3) is 0.148. The Hall–Kier alpha value is -4.39. The highest BCUT2D eigenvalue weighted by molar-refractivity contribution is 6.46. The predicted molar refractivity (Wildman–Crippen MR) is 127 cm³/mol. The monoisotopic (exact) mass is 456 g/mol. The number of amides is 1. The lowest BCUT2D eigenvalue weighted by Crippen LogP contribution is -2.29. The number of hydrogen-bond donors (Lipinski definition) is 1. The molecule has 0 bridgehead atoms. The van der Waals surface area contributed by atoms with Crippen molar-refractivity contribution >= 4 is 17.4 Å². The molecule has 7 nitrogen and oxygen atoms in total. The number of benzene rings is 2. The van der Waals surface area contributed by atoms with Crippen LogP contribution < -0.4 is 9.47 Å². The van der Waals surface area contributed by atoms with E-state index in [0.29, 0.717) is 29.2 Å². The first-order valence-electron chi connectivity index (χ1n) is 10.7. The van der Waals surface area contributed by atoms with Gasteiger partial charge in [0.15, 0.2) is 0 Å². The molecule has 0 spiro atoms. The van der Waals surface area contributed by atoms with Crippen molar-refractivity contribution in [2.24, 2.45) is 0 Å². The summed E-state index contributed by atoms with van der Waals surface area (Å²) in [5, 5.41) is 11.2. The van der Waals surface area contributed by atoms with Crippen molar-refractivity contribution < 1.29 is 24.2 Å².